The van der Waals surface area contributed by atoms with E-state index in [1.165, 1.54) is 0 Å². The molecule has 2 atom stereocenters. The summed E-state index contributed by atoms with van der Waals surface area (Å²) in [7, 11) is -13.6. The number of carbonyl (C=O) groups is 1. The van der Waals surface area contributed by atoms with Crippen LogP contribution in [0.1, 0.15) is 17.2 Å². The van der Waals surface area contributed by atoms with Crippen molar-refractivity contribution in [3.8, 4) is 5.75 Å². The first-order valence-corrected chi connectivity index (χ1v) is 14.0. The summed E-state index contributed by atoms with van der Waals surface area (Å²) in [5.74, 6) is -0.351. The number of rotatable bonds is 6. The van der Waals surface area contributed by atoms with Crippen molar-refractivity contribution >= 4 is 32.0 Å². The molecular formula is C20H22F5N3O5S2. The summed E-state index contributed by atoms with van der Waals surface area (Å²) in [6.45, 7) is -0.197. The van der Waals surface area contributed by atoms with E-state index in [-0.39, 0.29) is 37.4 Å². The Morgan fingerprint density at radius 1 is 1.11 bits per heavy atom. The fourth-order valence-electron chi connectivity index (χ4n) is 3.92. The number of benzene rings is 2. The van der Waals surface area contributed by atoms with Crippen LogP contribution in [-0.2, 0) is 16.4 Å². The van der Waals surface area contributed by atoms with Crippen molar-refractivity contribution in [1.82, 2.24) is 9.62 Å². The normalized spacial score (nSPS) is 22.9. The van der Waals surface area contributed by atoms with Gasteiger partial charge in [0, 0.05) is 6.42 Å². The molecule has 0 unspecified atom stereocenters. The van der Waals surface area contributed by atoms with E-state index in [0.717, 1.165) is 16.1 Å². The molecule has 3 N–H and O–H groups in total. The molecular weight excluding hydrogens is 521 g/mol. The van der Waals surface area contributed by atoms with E-state index in [1.54, 1.807) is 24.3 Å². The molecule has 0 saturated carbocycles. The highest BCUT2D eigenvalue weighted by molar-refractivity contribution is 8.45. The van der Waals surface area contributed by atoms with Crippen molar-refractivity contribution in [2.75, 3.05) is 24.7 Å². The standard InChI is InChI=1S/C20H22F5N3O5S2/c1-34(31,32)28-10-13(11-28)33-18-7-6-14(35(21,22,23,24)25)9-16(18)26-20(30)27-19-15-5-3-2-4-12(15)8-17(19)29/h2-7,9,13,17,19,29H,8,10-11H2,1H3,(H2,26,27,30)/t17-,19+/m0/s1. The number of hydrogen-bond acceptors (Lipinski definition) is 5. The van der Waals surface area contributed by atoms with Crippen molar-refractivity contribution in [2.45, 2.75) is 29.6 Å². The van der Waals surface area contributed by atoms with E-state index in [0.29, 0.717) is 11.6 Å². The Labute approximate surface area is 197 Å². The Bertz CT molecular complexity index is 1290. The van der Waals surface area contributed by atoms with Crippen molar-refractivity contribution < 1.29 is 42.5 Å². The summed E-state index contributed by atoms with van der Waals surface area (Å²) in [6.07, 6.45) is -0.544. The van der Waals surface area contributed by atoms with Gasteiger partial charge in [0.2, 0.25) is 10.0 Å². The minimum absolute atomic E-state index is 0.0719. The first-order valence-electron chi connectivity index (χ1n) is 10.2. The molecule has 2 amide bonds. The maximum Gasteiger partial charge on any atom is 0.319 e. The second-order valence-electron chi connectivity index (χ2n) is 8.49. The number of nitrogens with one attached hydrogen (secondary N) is 2. The number of urea groups is 1. The third-order valence-electron chi connectivity index (χ3n) is 5.71. The van der Waals surface area contributed by atoms with Crippen LogP contribution in [0.4, 0.5) is 29.9 Å². The van der Waals surface area contributed by atoms with E-state index in [9.17, 15) is 37.7 Å². The monoisotopic (exact) mass is 543 g/mol. The lowest BCUT2D eigenvalue weighted by atomic mass is 10.1. The Balaban J connectivity index is 1.57. The third-order valence-corrected chi connectivity index (χ3v) is 8.09. The largest absolute Gasteiger partial charge is 0.485 e. The highest BCUT2D eigenvalue weighted by atomic mass is 32.5. The molecule has 8 nitrogen and oxygen atoms in total. The number of amides is 2. The first-order chi connectivity index (χ1) is 15.9. The van der Waals surface area contributed by atoms with Gasteiger partial charge in [-0.05, 0) is 29.3 Å². The summed E-state index contributed by atoms with van der Waals surface area (Å²) in [5, 5.41) is 14.8. The van der Waals surface area contributed by atoms with Crippen molar-refractivity contribution in [1.29, 1.82) is 0 Å². The second kappa shape index (κ2) is 7.69. The van der Waals surface area contributed by atoms with Crippen molar-refractivity contribution in [2.24, 2.45) is 0 Å². The van der Waals surface area contributed by atoms with Gasteiger partial charge >= 0.3 is 16.3 Å². The van der Waals surface area contributed by atoms with Gasteiger partial charge in [-0.2, -0.15) is 4.31 Å². The molecule has 1 heterocycles. The van der Waals surface area contributed by atoms with E-state index >= 15 is 0 Å². The van der Waals surface area contributed by atoms with Gasteiger partial charge in [-0.1, -0.05) is 43.7 Å². The zero-order valence-corrected chi connectivity index (χ0v) is 19.8. The maximum absolute atomic E-state index is 13.4. The van der Waals surface area contributed by atoms with Crippen LogP contribution < -0.4 is 15.4 Å². The summed E-state index contributed by atoms with van der Waals surface area (Å²) in [5.41, 5.74) is 0.701. The van der Waals surface area contributed by atoms with Crippen LogP contribution in [0, 0.1) is 0 Å². The summed E-state index contributed by atoms with van der Waals surface area (Å²) < 4.78 is 96.5. The minimum Gasteiger partial charge on any atom is -0.485 e. The van der Waals surface area contributed by atoms with Crippen LogP contribution in [0.15, 0.2) is 47.4 Å². The highest BCUT2D eigenvalue weighted by Crippen LogP contribution is 3.02. The van der Waals surface area contributed by atoms with E-state index in [4.69, 9.17) is 4.74 Å². The molecule has 2 aromatic carbocycles. The summed E-state index contributed by atoms with van der Waals surface area (Å²) in [4.78, 5) is 10.4. The molecule has 2 aliphatic rings. The Morgan fingerprint density at radius 2 is 1.77 bits per heavy atom. The summed E-state index contributed by atoms with van der Waals surface area (Å²) >= 11 is 0. The average molecular weight is 544 g/mol. The van der Waals surface area contributed by atoms with Crippen molar-refractivity contribution in [3.05, 3.63) is 53.6 Å². The Hall–Kier alpha value is -2.62. The predicted octanol–water partition coefficient (Wildman–Crippen LogP) is 4.15. The van der Waals surface area contributed by atoms with Crippen molar-refractivity contribution in [3.63, 3.8) is 0 Å². The number of aliphatic hydroxyl groups excluding tert-OH is 1. The van der Waals surface area contributed by atoms with Gasteiger partial charge in [-0.25, -0.2) is 13.2 Å². The van der Waals surface area contributed by atoms with Gasteiger partial charge in [0.15, 0.2) is 0 Å². The van der Waals surface area contributed by atoms with E-state index in [1.807, 2.05) is 0 Å². The topological polar surface area (TPSA) is 108 Å². The number of anilines is 1. The SMILES string of the molecule is CS(=O)(=O)N1CC(Oc2ccc(S(F)(F)(F)(F)F)cc2NC(=O)N[C@@H]2c3ccccc3C[C@@H]2O)C1. The molecule has 4 rings (SSSR count). The molecule has 0 bridgehead atoms. The molecule has 1 saturated heterocycles. The number of fused-ring (bicyclic) bond motifs is 1. The van der Waals surface area contributed by atoms with E-state index < -0.39 is 55.1 Å². The van der Waals surface area contributed by atoms with Crippen LogP contribution in [0.5, 0.6) is 5.75 Å². The first kappa shape index (κ1) is 25.5. The average Bonchev–Trinajstić information content (AvgIpc) is 2.97. The molecule has 35 heavy (non-hydrogen) atoms. The molecule has 2 aromatic rings. The lowest BCUT2D eigenvalue weighted by Gasteiger charge is -2.41. The van der Waals surface area contributed by atoms with Crippen LogP contribution in [-0.4, -0.2) is 55.4 Å². The Kier molecular flexibility index (Phi) is 5.59. The van der Waals surface area contributed by atoms with Crippen LogP contribution in [0.25, 0.3) is 0 Å². The highest BCUT2D eigenvalue weighted by Gasteiger charge is 2.65. The number of aliphatic hydroxyl groups is 1. The number of ether oxygens (including phenoxy) is 1. The maximum atomic E-state index is 13.4. The molecule has 1 aliphatic heterocycles. The predicted molar refractivity (Wildman–Crippen MR) is 120 cm³/mol. The molecule has 194 valence electrons. The number of nitrogens with zero attached hydrogens (tertiary/aromatic N) is 1. The number of hydrogen-bond donors (Lipinski definition) is 3. The molecule has 1 aliphatic carbocycles. The fourth-order valence-corrected chi connectivity index (χ4v) is 5.46. The van der Waals surface area contributed by atoms with Gasteiger partial charge in [-0.15, -0.1) is 0 Å². The molecule has 0 radical (unpaired) electrons. The molecule has 0 aromatic heterocycles. The van der Waals surface area contributed by atoms with Gasteiger partial charge in [0.05, 0.1) is 37.2 Å². The molecule has 1 fully saturated rings. The van der Waals surface area contributed by atoms with Gasteiger partial charge in [0.1, 0.15) is 16.7 Å². The number of halogens is 5. The van der Waals surface area contributed by atoms with Crippen LogP contribution in [0.2, 0.25) is 0 Å². The fraction of sp³-hybridized carbons (Fsp3) is 0.350. The molecule has 0 spiro atoms. The lowest BCUT2D eigenvalue weighted by molar-refractivity contribution is 0.0773. The zero-order chi connectivity index (χ0) is 25.9. The van der Waals surface area contributed by atoms with Gasteiger partial charge in [0.25, 0.3) is 0 Å². The zero-order valence-electron chi connectivity index (χ0n) is 18.1. The molecule has 15 heteroatoms. The number of sulfonamides is 1. The van der Waals surface area contributed by atoms with Crippen LogP contribution in [0.3, 0.4) is 0 Å². The van der Waals surface area contributed by atoms with Gasteiger partial charge < -0.3 is 20.5 Å². The smallest absolute Gasteiger partial charge is 0.319 e. The number of carbonyl (C=O) groups excluding carboxylic acids is 1. The minimum atomic E-state index is -10.1. The summed E-state index contributed by atoms with van der Waals surface area (Å²) in [6, 6.07) is 5.79. The van der Waals surface area contributed by atoms with E-state index in [2.05, 4.69) is 10.6 Å². The third kappa shape index (κ3) is 5.63. The quantitative estimate of drug-likeness (QED) is 0.475. The second-order valence-corrected chi connectivity index (χ2v) is 12.9. The van der Waals surface area contributed by atoms with Gasteiger partial charge in [-0.3, -0.25) is 0 Å². The Morgan fingerprint density at radius 3 is 2.40 bits per heavy atom. The lowest BCUT2D eigenvalue weighted by Crippen LogP contribution is -2.55. The van der Waals surface area contributed by atoms with Crippen LogP contribution >= 0.6 is 10.2 Å².